The number of carbonyl (C=O) groups excluding carboxylic acids is 2. The first kappa shape index (κ1) is 26.0. The van der Waals surface area contributed by atoms with Gasteiger partial charge in [0.2, 0.25) is 5.91 Å². The number of hydrogen-bond donors (Lipinski definition) is 2. The van der Waals surface area contributed by atoms with E-state index in [1.165, 1.54) is 21.9 Å². The molecule has 1 aromatic rings. The van der Waals surface area contributed by atoms with Crippen molar-refractivity contribution >= 4 is 23.2 Å². The zero-order valence-electron chi connectivity index (χ0n) is 18.4. The first-order chi connectivity index (χ1) is 14.9. The van der Waals surface area contributed by atoms with Crippen LogP contribution in [0.25, 0.3) is 0 Å². The molecule has 0 spiro atoms. The largest absolute Gasteiger partial charge is 0.370 e. The molecule has 0 unspecified atom stereocenters. The molecular weight excluding hydrogens is 432 g/mol. The summed E-state index contributed by atoms with van der Waals surface area (Å²) in [7, 11) is 0. The van der Waals surface area contributed by atoms with Gasteiger partial charge in [-0.15, -0.1) is 0 Å². The van der Waals surface area contributed by atoms with Crippen LogP contribution in [0.3, 0.4) is 0 Å². The Balaban J connectivity index is 2.26. The summed E-state index contributed by atoms with van der Waals surface area (Å²) in [5.41, 5.74) is 5.00. The summed E-state index contributed by atoms with van der Waals surface area (Å²) in [6.07, 6.45) is -5.57. The molecule has 3 N–H and O–H groups in total. The van der Waals surface area contributed by atoms with Crippen molar-refractivity contribution < 1.29 is 31.9 Å². The van der Waals surface area contributed by atoms with Gasteiger partial charge in [0.05, 0.1) is 18.8 Å². The van der Waals surface area contributed by atoms with Gasteiger partial charge in [0.1, 0.15) is 12.6 Å². The zero-order valence-corrected chi connectivity index (χ0v) is 18.4. The topological polar surface area (TPSA) is 87.9 Å². The van der Waals surface area contributed by atoms with Gasteiger partial charge in [-0.3, -0.25) is 14.5 Å². The molecule has 2 rings (SSSR count). The Bertz CT molecular complexity index is 802. The van der Waals surface area contributed by atoms with E-state index < -0.39 is 42.8 Å². The van der Waals surface area contributed by atoms with Crippen LogP contribution in [0.15, 0.2) is 18.2 Å². The Morgan fingerprint density at radius 1 is 1.28 bits per heavy atom. The maximum absolute atomic E-state index is 13.7. The maximum Gasteiger partial charge on any atom is 0.265 e. The van der Waals surface area contributed by atoms with Crippen LogP contribution in [0.4, 0.5) is 28.9 Å². The number of ether oxygens (including phenoxy) is 1. The number of anilines is 2. The number of halogens is 4. The molecule has 0 bridgehead atoms. The highest BCUT2D eigenvalue weighted by Gasteiger charge is 2.31. The highest BCUT2D eigenvalue weighted by molar-refractivity contribution is 5.97. The summed E-state index contributed by atoms with van der Waals surface area (Å²) in [5, 5.41) is 2.50. The Kier molecular flexibility index (Phi) is 8.99. The number of amides is 2. The fraction of sp³-hybridized carbons (Fsp3) is 0.619. The zero-order chi connectivity index (χ0) is 24.1. The summed E-state index contributed by atoms with van der Waals surface area (Å²) in [5.74, 6) is -1.12. The third kappa shape index (κ3) is 7.14. The number of nitrogens with two attached hydrogens (primary N) is 1. The lowest BCUT2D eigenvalue weighted by molar-refractivity contribution is -0.125. The molecule has 32 heavy (non-hydrogen) atoms. The second-order valence-corrected chi connectivity index (χ2v) is 8.79. The van der Waals surface area contributed by atoms with Crippen molar-refractivity contribution in [3.8, 4) is 0 Å². The second kappa shape index (κ2) is 11.1. The lowest BCUT2D eigenvalue weighted by atomic mass is 9.95. The number of carbonyl (C=O) groups is 2. The van der Waals surface area contributed by atoms with Crippen LogP contribution >= 0.6 is 0 Å². The molecule has 11 heteroatoms. The monoisotopic (exact) mass is 462 g/mol. The van der Waals surface area contributed by atoms with E-state index >= 15 is 0 Å². The van der Waals surface area contributed by atoms with E-state index in [0.29, 0.717) is 0 Å². The summed E-state index contributed by atoms with van der Waals surface area (Å²) in [6, 6.07) is 2.72. The number of morpholine rings is 1. The number of nitrogens with one attached hydrogen (secondary N) is 1. The molecule has 1 atom stereocenters. The van der Waals surface area contributed by atoms with Gasteiger partial charge >= 0.3 is 0 Å². The van der Waals surface area contributed by atoms with E-state index in [0.717, 1.165) is 6.07 Å². The van der Waals surface area contributed by atoms with E-state index in [9.17, 15) is 27.2 Å². The minimum absolute atomic E-state index is 0.0359. The first-order valence-electron chi connectivity index (χ1n) is 10.3. The van der Waals surface area contributed by atoms with Crippen LogP contribution in [0, 0.1) is 5.41 Å². The molecule has 1 saturated heterocycles. The van der Waals surface area contributed by atoms with Crippen molar-refractivity contribution in [3.63, 3.8) is 0 Å². The van der Waals surface area contributed by atoms with Crippen molar-refractivity contribution in [2.45, 2.75) is 39.7 Å². The lowest BCUT2D eigenvalue weighted by Gasteiger charge is -2.34. The molecule has 180 valence electrons. The van der Waals surface area contributed by atoms with Crippen LogP contribution in [0.5, 0.6) is 0 Å². The normalized spacial score (nSPS) is 16.2. The van der Waals surface area contributed by atoms with E-state index in [-0.39, 0.29) is 49.6 Å². The van der Waals surface area contributed by atoms with Crippen LogP contribution in [0.1, 0.15) is 32.8 Å². The fourth-order valence-electron chi connectivity index (χ4n) is 3.56. The Morgan fingerprint density at radius 3 is 2.50 bits per heavy atom. The number of benzene rings is 1. The molecule has 1 aliphatic heterocycles. The highest BCUT2D eigenvalue weighted by atomic mass is 19.3. The molecule has 0 saturated carbocycles. The molecule has 0 radical (unpaired) electrons. The van der Waals surface area contributed by atoms with Gasteiger partial charge < -0.3 is 20.7 Å². The average Bonchev–Trinajstić information content (AvgIpc) is 2.67. The third-order valence-corrected chi connectivity index (χ3v) is 4.82. The summed E-state index contributed by atoms with van der Waals surface area (Å²) in [4.78, 5) is 27.4. The minimum atomic E-state index is -2.90. The quantitative estimate of drug-likeness (QED) is 0.551. The molecule has 1 aromatic carbocycles. The van der Waals surface area contributed by atoms with Gasteiger partial charge in [-0.05, 0) is 23.6 Å². The van der Waals surface area contributed by atoms with Crippen molar-refractivity contribution in [3.05, 3.63) is 23.8 Å². The fourth-order valence-corrected chi connectivity index (χ4v) is 3.56. The van der Waals surface area contributed by atoms with E-state index in [1.54, 1.807) is 0 Å². The number of hydrogen-bond acceptors (Lipinski definition) is 5. The molecule has 1 fully saturated rings. The van der Waals surface area contributed by atoms with Crippen LogP contribution in [-0.2, 0) is 14.3 Å². The smallest absolute Gasteiger partial charge is 0.265 e. The first-order valence-corrected chi connectivity index (χ1v) is 10.3. The number of rotatable bonds is 9. The summed E-state index contributed by atoms with van der Waals surface area (Å²) >= 11 is 0. The van der Waals surface area contributed by atoms with Crippen molar-refractivity contribution in [1.82, 2.24) is 4.90 Å². The molecule has 0 aromatic heterocycles. The number of nitrogens with zero attached hydrogens (tertiary/aromatic N) is 2. The van der Waals surface area contributed by atoms with Crippen LogP contribution in [0.2, 0.25) is 0 Å². The predicted octanol–water partition coefficient (Wildman–Crippen LogP) is 2.87. The molecule has 1 heterocycles. The SMILES string of the molecule is CC(C)(C)CN(CC(F)F)[C@H](CN)C(=O)Nc1ccc(N2CCOCC2=O)c(C(F)F)c1. The summed E-state index contributed by atoms with van der Waals surface area (Å²) < 4.78 is 58.7. The van der Waals surface area contributed by atoms with Crippen LogP contribution < -0.4 is 16.0 Å². The highest BCUT2D eigenvalue weighted by Crippen LogP contribution is 2.33. The van der Waals surface area contributed by atoms with Gasteiger partial charge in [-0.2, -0.15) is 0 Å². The van der Waals surface area contributed by atoms with Gasteiger partial charge in [0.15, 0.2) is 0 Å². The van der Waals surface area contributed by atoms with Gasteiger partial charge in [-0.1, -0.05) is 20.8 Å². The van der Waals surface area contributed by atoms with E-state index in [4.69, 9.17) is 10.5 Å². The van der Waals surface area contributed by atoms with Gasteiger partial charge in [0, 0.05) is 30.9 Å². The van der Waals surface area contributed by atoms with E-state index in [1.807, 2.05) is 20.8 Å². The maximum atomic E-state index is 13.7. The molecule has 0 aliphatic carbocycles. The number of alkyl halides is 4. The van der Waals surface area contributed by atoms with Crippen LogP contribution in [-0.4, -0.2) is 68.6 Å². The Morgan fingerprint density at radius 2 is 1.97 bits per heavy atom. The Labute approximate surface area is 184 Å². The molecular formula is C21H30F4N4O3. The Hall–Kier alpha value is -2.24. The lowest BCUT2D eigenvalue weighted by Crippen LogP contribution is -2.52. The third-order valence-electron chi connectivity index (χ3n) is 4.82. The van der Waals surface area contributed by atoms with E-state index in [2.05, 4.69) is 5.32 Å². The van der Waals surface area contributed by atoms with Crippen molar-refractivity contribution in [1.29, 1.82) is 0 Å². The minimum Gasteiger partial charge on any atom is -0.370 e. The van der Waals surface area contributed by atoms with Gasteiger partial charge in [-0.25, -0.2) is 17.6 Å². The standard InChI is InChI=1S/C21H30F4N4O3/c1-21(2,3)12-28(10-17(22)23)16(9-26)20(31)27-13-4-5-15(14(8-13)19(24)25)29-6-7-32-11-18(29)30/h4-5,8,16-17,19H,6-7,9-12,26H2,1-3H3,(H,27,31)/t16-/m1/s1. The average molecular weight is 462 g/mol. The molecule has 2 amide bonds. The second-order valence-electron chi connectivity index (χ2n) is 8.79. The van der Waals surface area contributed by atoms with Crippen molar-refractivity contribution in [2.24, 2.45) is 11.1 Å². The van der Waals surface area contributed by atoms with Crippen molar-refractivity contribution in [2.75, 3.05) is 49.6 Å². The summed E-state index contributed by atoms with van der Waals surface area (Å²) in [6.45, 7) is 5.00. The molecule has 7 nitrogen and oxygen atoms in total. The van der Waals surface area contributed by atoms with Gasteiger partial charge in [0.25, 0.3) is 18.8 Å². The molecule has 1 aliphatic rings. The predicted molar refractivity (Wildman–Crippen MR) is 113 cm³/mol.